The molecule has 2 rings (SSSR count). The number of carbonyl (C=O) groups excluding carboxylic acids is 1. The quantitative estimate of drug-likeness (QED) is 0.801. The summed E-state index contributed by atoms with van der Waals surface area (Å²) in [5.41, 5.74) is 1.13. The number of methoxy groups -OCH3 is 2. The first-order valence-corrected chi connectivity index (χ1v) is 7.10. The Labute approximate surface area is 120 Å². The van der Waals surface area contributed by atoms with Gasteiger partial charge in [0.1, 0.15) is 17.3 Å². The molecule has 1 aliphatic heterocycles. The van der Waals surface area contributed by atoms with Gasteiger partial charge in [0.2, 0.25) is 0 Å². The standard InChI is InChI=1S/C16H23NO3/c1-12(18)4-5-13-6-7-17(11-13)14-8-15(19-2)10-16(9-14)20-3/h8-10,13H,4-7,11H2,1-3H3. The van der Waals surface area contributed by atoms with E-state index in [0.29, 0.717) is 12.3 Å². The molecule has 1 saturated heterocycles. The van der Waals surface area contributed by atoms with Gasteiger partial charge in [-0.3, -0.25) is 0 Å². The normalized spacial score (nSPS) is 18.1. The molecule has 110 valence electrons. The Bertz CT molecular complexity index is 451. The predicted molar refractivity (Wildman–Crippen MR) is 79.8 cm³/mol. The third-order valence-electron chi connectivity index (χ3n) is 3.89. The molecule has 0 N–H and O–H groups in total. The zero-order chi connectivity index (χ0) is 14.5. The van der Waals surface area contributed by atoms with E-state index in [2.05, 4.69) is 4.90 Å². The van der Waals surface area contributed by atoms with Gasteiger partial charge in [-0.1, -0.05) is 0 Å². The van der Waals surface area contributed by atoms with Crippen LogP contribution in [0.25, 0.3) is 0 Å². The van der Waals surface area contributed by atoms with Gasteiger partial charge in [-0.15, -0.1) is 0 Å². The van der Waals surface area contributed by atoms with Gasteiger partial charge in [0.05, 0.1) is 14.2 Å². The highest BCUT2D eigenvalue weighted by Gasteiger charge is 2.23. The molecule has 0 spiro atoms. The van der Waals surface area contributed by atoms with Gasteiger partial charge >= 0.3 is 0 Å². The van der Waals surface area contributed by atoms with E-state index >= 15 is 0 Å². The minimum Gasteiger partial charge on any atom is -0.497 e. The topological polar surface area (TPSA) is 38.8 Å². The fraction of sp³-hybridized carbons (Fsp3) is 0.562. The second kappa shape index (κ2) is 6.64. The maximum Gasteiger partial charge on any atom is 0.129 e. The molecule has 20 heavy (non-hydrogen) atoms. The van der Waals surface area contributed by atoms with Gasteiger partial charge in [-0.05, 0) is 25.7 Å². The number of Topliss-reactive ketones (excluding diaryl/α,β-unsaturated/α-hetero) is 1. The van der Waals surface area contributed by atoms with Crippen molar-refractivity contribution in [3.63, 3.8) is 0 Å². The minimum atomic E-state index is 0.284. The minimum absolute atomic E-state index is 0.284. The monoisotopic (exact) mass is 277 g/mol. The summed E-state index contributed by atoms with van der Waals surface area (Å²) in [5, 5.41) is 0. The number of ketones is 1. The molecule has 1 heterocycles. The summed E-state index contributed by atoms with van der Waals surface area (Å²) in [6.07, 6.45) is 2.83. The van der Waals surface area contributed by atoms with Crippen LogP contribution in [0.5, 0.6) is 11.5 Å². The highest BCUT2D eigenvalue weighted by Crippen LogP contribution is 2.32. The van der Waals surface area contributed by atoms with E-state index < -0.39 is 0 Å². The van der Waals surface area contributed by atoms with Crippen LogP contribution < -0.4 is 14.4 Å². The average Bonchev–Trinajstić information content (AvgIpc) is 2.93. The Morgan fingerprint density at radius 1 is 1.25 bits per heavy atom. The largest absolute Gasteiger partial charge is 0.497 e. The second-order valence-electron chi connectivity index (χ2n) is 5.41. The van der Waals surface area contributed by atoms with Crippen LogP contribution in [0, 0.1) is 5.92 Å². The molecule has 0 aliphatic carbocycles. The first kappa shape index (κ1) is 14.7. The maximum absolute atomic E-state index is 11.1. The van der Waals surface area contributed by atoms with Crippen molar-refractivity contribution in [2.45, 2.75) is 26.2 Å². The molecular weight excluding hydrogens is 254 g/mol. The number of carbonyl (C=O) groups is 1. The van der Waals surface area contributed by atoms with Gasteiger partial charge in [-0.25, -0.2) is 0 Å². The smallest absolute Gasteiger partial charge is 0.129 e. The van der Waals surface area contributed by atoms with Crippen LogP contribution in [-0.4, -0.2) is 33.1 Å². The predicted octanol–water partition coefficient (Wildman–Crippen LogP) is 2.90. The van der Waals surface area contributed by atoms with Crippen LogP contribution in [0.15, 0.2) is 18.2 Å². The van der Waals surface area contributed by atoms with E-state index in [1.54, 1.807) is 21.1 Å². The van der Waals surface area contributed by atoms with E-state index in [1.807, 2.05) is 18.2 Å². The van der Waals surface area contributed by atoms with Gasteiger partial charge in [0.25, 0.3) is 0 Å². The third-order valence-corrected chi connectivity index (χ3v) is 3.89. The lowest BCUT2D eigenvalue weighted by Gasteiger charge is -2.20. The van der Waals surface area contributed by atoms with E-state index in [9.17, 15) is 4.79 Å². The fourth-order valence-corrected chi connectivity index (χ4v) is 2.69. The van der Waals surface area contributed by atoms with Crippen molar-refractivity contribution < 1.29 is 14.3 Å². The maximum atomic E-state index is 11.1. The highest BCUT2D eigenvalue weighted by atomic mass is 16.5. The lowest BCUT2D eigenvalue weighted by molar-refractivity contribution is -0.117. The molecule has 0 saturated carbocycles. The summed E-state index contributed by atoms with van der Waals surface area (Å²) in [7, 11) is 3.33. The molecule has 1 unspecified atom stereocenters. The van der Waals surface area contributed by atoms with E-state index in [4.69, 9.17) is 9.47 Å². The average molecular weight is 277 g/mol. The molecule has 1 atom stereocenters. The zero-order valence-electron chi connectivity index (χ0n) is 12.5. The van der Waals surface area contributed by atoms with Crippen LogP contribution in [0.2, 0.25) is 0 Å². The molecule has 1 aliphatic rings. The van der Waals surface area contributed by atoms with Crippen LogP contribution in [0.1, 0.15) is 26.2 Å². The molecule has 1 aromatic rings. The molecule has 0 amide bonds. The van der Waals surface area contributed by atoms with Gasteiger partial charge in [0.15, 0.2) is 0 Å². The summed E-state index contributed by atoms with van der Waals surface area (Å²) in [5.74, 6) is 2.51. The highest BCUT2D eigenvalue weighted by molar-refractivity contribution is 5.75. The van der Waals surface area contributed by atoms with Crippen LogP contribution in [0.3, 0.4) is 0 Å². The number of hydrogen-bond acceptors (Lipinski definition) is 4. The van der Waals surface area contributed by atoms with Crippen molar-refractivity contribution in [3.05, 3.63) is 18.2 Å². The third kappa shape index (κ3) is 3.65. The van der Waals surface area contributed by atoms with Gasteiger partial charge in [0, 0.05) is 43.4 Å². The van der Waals surface area contributed by atoms with Crippen molar-refractivity contribution in [2.24, 2.45) is 5.92 Å². The molecule has 1 aromatic carbocycles. The lowest BCUT2D eigenvalue weighted by atomic mass is 10.0. The van der Waals surface area contributed by atoms with Crippen molar-refractivity contribution in [1.29, 1.82) is 0 Å². The molecule has 0 aromatic heterocycles. The molecule has 0 bridgehead atoms. The lowest BCUT2D eigenvalue weighted by Crippen LogP contribution is -2.19. The summed E-state index contributed by atoms with van der Waals surface area (Å²) in [6.45, 7) is 3.70. The van der Waals surface area contributed by atoms with E-state index in [-0.39, 0.29) is 5.78 Å². The number of benzene rings is 1. The fourth-order valence-electron chi connectivity index (χ4n) is 2.69. The summed E-state index contributed by atoms with van der Waals surface area (Å²) >= 11 is 0. The molecular formula is C16H23NO3. The molecule has 4 nitrogen and oxygen atoms in total. The number of rotatable bonds is 6. The van der Waals surface area contributed by atoms with Crippen molar-refractivity contribution in [3.8, 4) is 11.5 Å². The van der Waals surface area contributed by atoms with Crippen molar-refractivity contribution >= 4 is 11.5 Å². The van der Waals surface area contributed by atoms with E-state index in [0.717, 1.165) is 43.1 Å². The van der Waals surface area contributed by atoms with E-state index in [1.165, 1.54) is 0 Å². The van der Waals surface area contributed by atoms with Crippen LogP contribution >= 0.6 is 0 Å². The number of ether oxygens (including phenoxy) is 2. The van der Waals surface area contributed by atoms with Crippen molar-refractivity contribution in [2.75, 3.05) is 32.2 Å². The second-order valence-corrected chi connectivity index (χ2v) is 5.41. The SMILES string of the molecule is COc1cc(OC)cc(N2CCC(CCC(C)=O)C2)c1. The Morgan fingerprint density at radius 2 is 1.90 bits per heavy atom. The molecule has 4 heteroatoms. The summed E-state index contributed by atoms with van der Waals surface area (Å²) in [6, 6.07) is 5.96. The van der Waals surface area contributed by atoms with Crippen molar-refractivity contribution in [1.82, 2.24) is 0 Å². The Hall–Kier alpha value is -1.71. The first-order valence-electron chi connectivity index (χ1n) is 7.10. The van der Waals surface area contributed by atoms with Gasteiger partial charge in [-0.2, -0.15) is 0 Å². The Balaban J connectivity index is 2.03. The molecule has 0 radical (unpaired) electrons. The zero-order valence-corrected chi connectivity index (χ0v) is 12.5. The molecule has 1 fully saturated rings. The van der Waals surface area contributed by atoms with Crippen LogP contribution in [-0.2, 0) is 4.79 Å². The first-order chi connectivity index (χ1) is 9.62. The Kier molecular flexibility index (Phi) is 4.88. The number of anilines is 1. The van der Waals surface area contributed by atoms with Gasteiger partial charge < -0.3 is 19.2 Å². The Morgan fingerprint density at radius 3 is 2.45 bits per heavy atom. The summed E-state index contributed by atoms with van der Waals surface area (Å²) < 4.78 is 10.6. The summed E-state index contributed by atoms with van der Waals surface area (Å²) in [4.78, 5) is 13.4. The number of nitrogens with zero attached hydrogens (tertiary/aromatic N) is 1. The number of hydrogen-bond donors (Lipinski definition) is 0. The van der Waals surface area contributed by atoms with Crippen LogP contribution in [0.4, 0.5) is 5.69 Å².